The van der Waals surface area contributed by atoms with Gasteiger partial charge in [0.15, 0.2) is 6.10 Å². The average molecular weight is 280 g/mol. The molecule has 1 amide bonds. The molecule has 2 unspecified atom stereocenters. The number of ether oxygens (including phenoxy) is 2. The van der Waals surface area contributed by atoms with E-state index in [1.54, 1.807) is 14.0 Å². The minimum atomic E-state index is -0.546. The summed E-state index contributed by atoms with van der Waals surface area (Å²) in [6, 6.07) is 5.52. The van der Waals surface area contributed by atoms with Crippen molar-refractivity contribution >= 4 is 5.91 Å². The van der Waals surface area contributed by atoms with Crippen LogP contribution in [0.4, 0.5) is 0 Å². The van der Waals surface area contributed by atoms with Crippen LogP contribution < -0.4 is 20.5 Å². The summed E-state index contributed by atoms with van der Waals surface area (Å²) in [6.45, 7) is 6.11. The van der Waals surface area contributed by atoms with Crippen LogP contribution in [0.5, 0.6) is 11.5 Å². The van der Waals surface area contributed by atoms with Crippen LogP contribution in [0.15, 0.2) is 18.2 Å². The van der Waals surface area contributed by atoms with E-state index in [-0.39, 0.29) is 11.9 Å². The maximum atomic E-state index is 11.7. The normalized spacial score (nSPS) is 13.4. The molecule has 0 aromatic heterocycles. The van der Waals surface area contributed by atoms with Gasteiger partial charge in [0.2, 0.25) is 0 Å². The maximum absolute atomic E-state index is 11.7. The van der Waals surface area contributed by atoms with Crippen LogP contribution >= 0.6 is 0 Å². The second kappa shape index (κ2) is 7.75. The summed E-state index contributed by atoms with van der Waals surface area (Å²) in [5.74, 6) is 1.29. The molecule has 0 aliphatic heterocycles. The van der Waals surface area contributed by atoms with E-state index < -0.39 is 6.10 Å². The highest BCUT2D eigenvalue weighted by Gasteiger charge is 2.16. The van der Waals surface area contributed by atoms with E-state index in [2.05, 4.69) is 5.32 Å². The van der Waals surface area contributed by atoms with Gasteiger partial charge in [0.25, 0.3) is 5.91 Å². The van der Waals surface area contributed by atoms with E-state index in [1.807, 2.05) is 32.0 Å². The van der Waals surface area contributed by atoms with Crippen molar-refractivity contribution in [3.63, 3.8) is 0 Å². The van der Waals surface area contributed by atoms with Gasteiger partial charge in [0, 0.05) is 12.6 Å². The predicted molar refractivity (Wildman–Crippen MR) is 79.1 cm³/mol. The predicted octanol–water partition coefficient (Wildman–Crippen LogP) is 1.49. The Morgan fingerprint density at radius 2 is 2.10 bits per heavy atom. The van der Waals surface area contributed by atoms with Gasteiger partial charge >= 0.3 is 0 Å². The Bertz CT molecular complexity index is 447. The highest BCUT2D eigenvalue weighted by molar-refractivity contribution is 5.80. The molecule has 0 spiro atoms. The molecule has 0 bridgehead atoms. The molecular formula is C15H24N2O3. The molecule has 20 heavy (non-hydrogen) atoms. The van der Waals surface area contributed by atoms with Crippen molar-refractivity contribution in [2.75, 3.05) is 13.7 Å². The summed E-state index contributed by atoms with van der Waals surface area (Å²) >= 11 is 0. The Morgan fingerprint density at radius 3 is 2.65 bits per heavy atom. The molecule has 1 aromatic rings. The number of likely N-dealkylation sites (N-methyl/N-ethyl adjacent to an activating group) is 1. The summed E-state index contributed by atoms with van der Waals surface area (Å²) in [4.78, 5) is 11.7. The smallest absolute Gasteiger partial charge is 0.260 e. The molecule has 0 radical (unpaired) electrons. The maximum Gasteiger partial charge on any atom is 0.260 e. The Balaban J connectivity index is 2.89. The van der Waals surface area contributed by atoms with Crippen LogP contribution in [0, 0.1) is 0 Å². The lowest BCUT2D eigenvalue weighted by atomic mass is 10.1. The van der Waals surface area contributed by atoms with E-state index in [1.165, 1.54) is 0 Å². The van der Waals surface area contributed by atoms with E-state index >= 15 is 0 Å². The summed E-state index contributed by atoms with van der Waals surface area (Å²) < 4.78 is 10.9. The molecule has 0 aliphatic rings. The monoisotopic (exact) mass is 280 g/mol. The van der Waals surface area contributed by atoms with Crippen LogP contribution in [0.3, 0.4) is 0 Å². The van der Waals surface area contributed by atoms with Gasteiger partial charge in [-0.05, 0) is 51.0 Å². The fraction of sp³-hybridized carbons (Fsp3) is 0.533. The number of nitrogens with two attached hydrogens (primary N) is 1. The Labute approximate surface area is 120 Å². The second-order valence-electron chi connectivity index (χ2n) is 4.81. The van der Waals surface area contributed by atoms with Gasteiger partial charge in [0.05, 0.1) is 7.11 Å². The third-order valence-electron chi connectivity index (χ3n) is 2.83. The Hall–Kier alpha value is -1.75. The average Bonchev–Trinajstić information content (AvgIpc) is 2.40. The second-order valence-corrected chi connectivity index (χ2v) is 4.81. The van der Waals surface area contributed by atoms with Crippen LogP contribution in [0.1, 0.15) is 26.3 Å². The zero-order chi connectivity index (χ0) is 15.1. The van der Waals surface area contributed by atoms with Crippen molar-refractivity contribution in [3.05, 3.63) is 23.8 Å². The van der Waals surface area contributed by atoms with Gasteiger partial charge < -0.3 is 20.5 Å². The zero-order valence-electron chi connectivity index (χ0n) is 12.6. The fourth-order valence-corrected chi connectivity index (χ4v) is 1.87. The van der Waals surface area contributed by atoms with E-state index in [0.717, 1.165) is 11.3 Å². The number of benzene rings is 1. The van der Waals surface area contributed by atoms with Crippen molar-refractivity contribution in [1.29, 1.82) is 0 Å². The van der Waals surface area contributed by atoms with Crippen molar-refractivity contribution in [1.82, 2.24) is 5.32 Å². The van der Waals surface area contributed by atoms with E-state index in [9.17, 15) is 4.79 Å². The summed E-state index contributed by atoms with van der Waals surface area (Å²) in [5, 5.41) is 2.74. The Morgan fingerprint density at radius 1 is 1.40 bits per heavy atom. The van der Waals surface area contributed by atoms with Crippen LogP contribution in [-0.2, 0) is 11.2 Å². The first-order valence-corrected chi connectivity index (χ1v) is 6.84. The third-order valence-corrected chi connectivity index (χ3v) is 2.83. The molecule has 2 atom stereocenters. The quantitative estimate of drug-likeness (QED) is 0.793. The first-order valence-electron chi connectivity index (χ1n) is 6.84. The number of nitrogens with one attached hydrogen (secondary N) is 1. The van der Waals surface area contributed by atoms with Gasteiger partial charge in [-0.3, -0.25) is 4.79 Å². The zero-order valence-corrected chi connectivity index (χ0v) is 12.6. The summed E-state index contributed by atoms with van der Waals surface area (Å²) in [5.41, 5.74) is 6.79. The standard InChI is InChI=1S/C15H24N2O3/c1-5-17-15(18)11(3)20-14-7-6-13(19-4)9-12(14)8-10(2)16/h6-7,9-11H,5,8,16H2,1-4H3,(H,17,18). The first kappa shape index (κ1) is 16.3. The summed E-state index contributed by atoms with van der Waals surface area (Å²) in [7, 11) is 1.61. The molecule has 0 fully saturated rings. The fourth-order valence-electron chi connectivity index (χ4n) is 1.87. The SMILES string of the molecule is CCNC(=O)C(C)Oc1ccc(OC)cc1CC(C)N. The van der Waals surface area contributed by atoms with Gasteiger partial charge in [-0.15, -0.1) is 0 Å². The summed E-state index contributed by atoms with van der Waals surface area (Å²) in [6.07, 6.45) is 0.115. The van der Waals surface area contributed by atoms with Crippen LogP contribution in [-0.4, -0.2) is 31.7 Å². The number of rotatable bonds is 7. The Kier molecular flexibility index (Phi) is 6.31. The molecule has 0 heterocycles. The van der Waals surface area contributed by atoms with Crippen LogP contribution in [0.2, 0.25) is 0 Å². The largest absolute Gasteiger partial charge is 0.497 e. The molecule has 1 aromatic carbocycles. The van der Waals surface area contributed by atoms with Gasteiger partial charge in [-0.2, -0.15) is 0 Å². The number of carbonyl (C=O) groups is 1. The number of hydrogen-bond donors (Lipinski definition) is 2. The number of hydrogen-bond acceptors (Lipinski definition) is 4. The number of amides is 1. The highest BCUT2D eigenvalue weighted by Crippen LogP contribution is 2.26. The molecule has 0 saturated heterocycles. The van der Waals surface area contributed by atoms with Gasteiger partial charge in [-0.1, -0.05) is 0 Å². The molecule has 5 heteroatoms. The van der Waals surface area contributed by atoms with Crippen molar-refractivity contribution < 1.29 is 14.3 Å². The lowest BCUT2D eigenvalue weighted by molar-refractivity contribution is -0.127. The van der Waals surface area contributed by atoms with Crippen LogP contribution in [0.25, 0.3) is 0 Å². The van der Waals surface area contributed by atoms with Gasteiger partial charge in [-0.25, -0.2) is 0 Å². The van der Waals surface area contributed by atoms with Crippen molar-refractivity contribution in [2.24, 2.45) is 5.73 Å². The molecule has 1 rings (SSSR count). The third kappa shape index (κ3) is 4.74. The molecular weight excluding hydrogens is 256 g/mol. The molecule has 0 saturated carbocycles. The lowest BCUT2D eigenvalue weighted by Crippen LogP contribution is -2.36. The highest BCUT2D eigenvalue weighted by atomic mass is 16.5. The molecule has 112 valence electrons. The number of carbonyl (C=O) groups excluding carboxylic acids is 1. The van der Waals surface area contributed by atoms with Crippen molar-refractivity contribution in [3.8, 4) is 11.5 Å². The minimum absolute atomic E-state index is 0.00392. The lowest BCUT2D eigenvalue weighted by Gasteiger charge is -2.18. The topological polar surface area (TPSA) is 73.6 Å². The van der Waals surface area contributed by atoms with Gasteiger partial charge in [0.1, 0.15) is 11.5 Å². The first-order chi connectivity index (χ1) is 9.47. The van der Waals surface area contributed by atoms with Crippen molar-refractivity contribution in [2.45, 2.75) is 39.3 Å². The number of methoxy groups -OCH3 is 1. The molecule has 3 N–H and O–H groups in total. The molecule has 0 aliphatic carbocycles. The van der Waals surface area contributed by atoms with E-state index in [0.29, 0.717) is 18.7 Å². The minimum Gasteiger partial charge on any atom is -0.497 e. The van der Waals surface area contributed by atoms with E-state index in [4.69, 9.17) is 15.2 Å². The molecule has 5 nitrogen and oxygen atoms in total.